The molecule has 0 N–H and O–H groups in total. The van der Waals surface area contributed by atoms with Gasteiger partial charge in [0.25, 0.3) is 5.91 Å². The summed E-state index contributed by atoms with van der Waals surface area (Å²) in [5, 5.41) is 1.68. The highest BCUT2D eigenvalue weighted by Crippen LogP contribution is 2.48. The molecule has 34 heavy (non-hydrogen) atoms. The minimum atomic E-state index is -0.926. The number of amides is 2. The van der Waals surface area contributed by atoms with Gasteiger partial charge in [-0.1, -0.05) is 24.3 Å². The molecule has 2 aliphatic heterocycles. The molecule has 8 heteroatoms. The Hall–Kier alpha value is -3.36. The second-order valence-corrected chi connectivity index (χ2v) is 8.85. The third-order valence-corrected chi connectivity index (χ3v) is 6.67. The van der Waals surface area contributed by atoms with Crippen LogP contribution in [0.5, 0.6) is 11.5 Å². The number of fused-ring (bicyclic) bond motifs is 1. The minimum absolute atomic E-state index is 0.297. The van der Waals surface area contributed by atoms with Gasteiger partial charge in [-0.15, -0.1) is 0 Å². The van der Waals surface area contributed by atoms with Gasteiger partial charge in [0.15, 0.2) is 6.10 Å². The first-order valence-corrected chi connectivity index (χ1v) is 11.8. The standard InChI is InChI=1S/C26H23BrN2O5/c1-3-33-19-12-10-17(11-13-19)28-25(30)22-23(16-9-14-21(32-2)20(27)15-16)29(34-24(22)26(28)31)18-7-5-4-6-8-18/h4-15,22-24H,3H2,1-2H3/t22-,23-,24+/m1/s1. The van der Waals surface area contributed by atoms with Crippen LogP contribution in [0.3, 0.4) is 0 Å². The first-order valence-electron chi connectivity index (χ1n) is 11.0. The summed E-state index contributed by atoms with van der Waals surface area (Å²) in [5.74, 6) is -0.0300. The second-order valence-electron chi connectivity index (χ2n) is 7.99. The second kappa shape index (κ2) is 9.12. The number of hydroxylamine groups is 1. The first kappa shape index (κ1) is 22.4. The van der Waals surface area contributed by atoms with Gasteiger partial charge in [0.2, 0.25) is 5.91 Å². The number of carbonyl (C=O) groups is 2. The molecule has 0 saturated carbocycles. The Morgan fingerprint density at radius 3 is 2.32 bits per heavy atom. The lowest BCUT2D eigenvalue weighted by Crippen LogP contribution is -2.37. The highest BCUT2D eigenvalue weighted by molar-refractivity contribution is 9.10. The molecule has 0 unspecified atom stereocenters. The predicted octanol–water partition coefficient (Wildman–Crippen LogP) is 4.91. The smallest absolute Gasteiger partial charge is 0.266 e. The Morgan fingerprint density at radius 1 is 0.941 bits per heavy atom. The number of benzene rings is 3. The molecule has 174 valence electrons. The van der Waals surface area contributed by atoms with E-state index in [4.69, 9.17) is 14.3 Å². The fraction of sp³-hybridized carbons (Fsp3) is 0.231. The predicted molar refractivity (Wildman–Crippen MR) is 131 cm³/mol. The van der Waals surface area contributed by atoms with E-state index in [0.717, 1.165) is 15.7 Å². The lowest BCUT2D eigenvalue weighted by atomic mass is 9.90. The number of nitrogens with zero attached hydrogens (tertiary/aromatic N) is 2. The van der Waals surface area contributed by atoms with Crippen molar-refractivity contribution >= 4 is 39.1 Å². The molecule has 2 fully saturated rings. The number of carbonyl (C=O) groups excluding carboxylic acids is 2. The topological polar surface area (TPSA) is 68.3 Å². The summed E-state index contributed by atoms with van der Waals surface area (Å²) in [7, 11) is 1.60. The van der Waals surface area contributed by atoms with Crippen molar-refractivity contribution in [2.24, 2.45) is 5.92 Å². The highest BCUT2D eigenvalue weighted by Gasteiger charge is 2.60. The highest BCUT2D eigenvalue weighted by atomic mass is 79.9. The van der Waals surface area contributed by atoms with Gasteiger partial charge >= 0.3 is 0 Å². The van der Waals surface area contributed by atoms with Gasteiger partial charge in [-0.3, -0.25) is 14.4 Å². The molecule has 3 aromatic rings. The molecule has 2 aliphatic rings. The number of imide groups is 1. The van der Waals surface area contributed by atoms with E-state index in [-0.39, 0.29) is 11.8 Å². The van der Waals surface area contributed by atoms with Gasteiger partial charge in [-0.05, 0) is 76.9 Å². The minimum Gasteiger partial charge on any atom is -0.496 e. The van der Waals surface area contributed by atoms with Crippen LogP contribution in [-0.4, -0.2) is 31.6 Å². The summed E-state index contributed by atoms with van der Waals surface area (Å²) in [6.07, 6.45) is -0.926. The summed E-state index contributed by atoms with van der Waals surface area (Å²) >= 11 is 3.54. The first-order chi connectivity index (χ1) is 16.5. The number of anilines is 2. The molecule has 7 nitrogen and oxygen atoms in total. The number of hydrogen-bond donors (Lipinski definition) is 0. The average molecular weight is 523 g/mol. The molecule has 5 rings (SSSR count). The molecule has 0 radical (unpaired) electrons. The van der Waals surface area contributed by atoms with Crippen LogP contribution in [0.1, 0.15) is 18.5 Å². The lowest BCUT2D eigenvalue weighted by Gasteiger charge is -2.29. The van der Waals surface area contributed by atoms with E-state index in [1.54, 1.807) is 36.4 Å². The average Bonchev–Trinajstić information content (AvgIpc) is 3.36. The summed E-state index contributed by atoms with van der Waals surface area (Å²) in [6, 6.07) is 21.6. The Balaban J connectivity index is 1.54. The number of hydrogen-bond acceptors (Lipinski definition) is 6. The third-order valence-electron chi connectivity index (χ3n) is 6.05. The van der Waals surface area contributed by atoms with Crippen molar-refractivity contribution in [2.75, 3.05) is 23.7 Å². The van der Waals surface area contributed by atoms with Crippen molar-refractivity contribution in [3.63, 3.8) is 0 Å². The van der Waals surface area contributed by atoms with Crippen molar-refractivity contribution in [2.45, 2.75) is 19.1 Å². The molecular weight excluding hydrogens is 500 g/mol. The Bertz CT molecular complexity index is 1220. The number of rotatable bonds is 6. The quantitative estimate of drug-likeness (QED) is 0.428. The van der Waals surface area contributed by atoms with Crippen LogP contribution in [0.25, 0.3) is 0 Å². The Kier molecular flexibility index (Phi) is 6.02. The maximum absolute atomic E-state index is 13.7. The number of methoxy groups -OCH3 is 1. The number of halogens is 1. The van der Waals surface area contributed by atoms with Gasteiger partial charge < -0.3 is 9.47 Å². The van der Waals surface area contributed by atoms with Crippen molar-refractivity contribution in [3.8, 4) is 11.5 Å². The number of ether oxygens (including phenoxy) is 2. The Morgan fingerprint density at radius 2 is 1.68 bits per heavy atom. The fourth-order valence-electron chi connectivity index (χ4n) is 4.53. The van der Waals surface area contributed by atoms with E-state index in [9.17, 15) is 9.59 Å². The zero-order chi connectivity index (χ0) is 23.8. The van der Waals surface area contributed by atoms with Gasteiger partial charge in [0.05, 0.1) is 35.6 Å². The molecule has 0 spiro atoms. The van der Waals surface area contributed by atoms with Crippen LogP contribution < -0.4 is 19.4 Å². The van der Waals surface area contributed by atoms with Crippen molar-refractivity contribution < 1.29 is 23.9 Å². The molecule has 0 bridgehead atoms. The summed E-state index contributed by atoms with van der Waals surface area (Å²) < 4.78 is 11.6. The molecule has 3 atom stereocenters. The van der Waals surface area contributed by atoms with E-state index in [2.05, 4.69) is 15.9 Å². The number of para-hydroxylation sites is 1. The normalized spacial score (nSPS) is 21.7. The van der Waals surface area contributed by atoms with Gasteiger partial charge in [0.1, 0.15) is 17.4 Å². The maximum Gasteiger partial charge on any atom is 0.266 e. The zero-order valence-corrected chi connectivity index (χ0v) is 20.3. The zero-order valence-electron chi connectivity index (χ0n) is 18.7. The van der Waals surface area contributed by atoms with Gasteiger partial charge in [-0.25, -0.2) is 9.96 Å². The molecule has 2 amide bonds. The lowest BCUT2D eigenvalue weighted by molar-refractivity contribution is -0.126. The summed E-state index contributed by atoms with van der Waals surface area (Å²) in [6.45, 7) is 2.43. The third kappa shape index (κ3) is 3.73. The largest absolute Gasteiger partial charge is 0.496 e. The van der Waals surface area contributed by atoms with Crippen LogP contribution >= 0.6 is 15.9 Å². The fourth-order valence-corrected chi connectivity index (χ4v) is 5.09. The Labute approximate surface area is 205 Å². The molecular formula is C26H23BrN2O5. The van der Waals surface area contributed by atoms with Gasteiger partial charge in [-0.2, -0.15) is 0 Å². The molecule has 0 aliphatic carbocycles. The van der Waals surface area contributed by atoms with E-state index in [0.29, 0.717) is 23.8 Å². The molecule has 2 heterocycles. The van der Waals surface area contributed by atoms with Crippen LogP contribution in [0.15, 0.2) is 77.3 Å². The van der Waals surface area contributed by atoms with Gasteiger partial charge in [0, 0.05) is 0 Å². The van der Waals surface area contributed by atoms with Crippen molar-refractivity contribution in [1.82, 2.24) is 0 Å². The van der Waals surface area contributed by atoms with Crippen molar-refractivity contribution in [3.05, 3.63) is 82.8 Å². The van der Waals surface area contributed by atoms with Crippen LogP contribution in [0.2, 0.25) is 0 Å². The van der Waals surface area contributed by atoms with E-state index >= 15 is 0 Å². The van der Waals surface area contributed by atoms with E-state index in [1.807, 2.05) is 55.5 Å². The SMILES string of the molecule is CCOc1ccc(N2C(=O)[C@H]3[C@H](ON(c4ccccc4)[C@@H]3c3ccc(OC)c(Br)c3)C2=O)cc1. The summed E-state index contributed by atoms with van der Waals surface area (Å²) in [4.78, 5) is 34.5. The van der Waals surface area contributed by atoms with Crippen molar-refractivity contribution in [1.29, 1.82) is 0 Å². The molecule has 2 saturated heterocycles. The molecule has 0 aromatic heterocycles. The van der Waals surface area contributed by atoms with Crippen LogP contribution in [0, 0.1) is 5.92 Å². The van der Waals surface area contributed by atoms with E-state index < -0.39 is 18.1 Å². The van der Waals surface area contributed by atoms with Crippen LogP contribution in [0.4, 0.5) is 11.4 Å². The van der Waals surface area contributed by atoms with Crippen LogP contribution in [-0.2, 0) is 14.4 Å². The molecule has 3 aromatic carbocycles. The summed E-state index contributed by atoms with van der Waals surface area (Å²) in [5.41, 5.74) is 2.10. The monoisotopic (exact) mass is 522 g/mol. The van der Waals surface area contributed by atoms with E-state index in [1.165, 1.54) is 4.90 Å². The maximum atomic E-state index is 13.7.